The van der Waals surface area contributed by atoms with Crippen molar-refractivity contribution in [3.05, 3.63) is 59.9 Å². The lowest BCUT2D eigenvalue weighted by Crippen LogP contribution is -2.25. The molecule has 0 amide bonds. The van der Waals surface area contributed by atoms with Crippen molar-refractivity contribution >= 4 is 0 Å². The normalized spacial score (nSPS) is 19.7. The van der Waals surface area contributed by atoms with Gasteiger partial charge in [0.1, 0.15) is 5.75 Å². The Bertz CT molecular complexity index is 527. The van der Waals surface area contributed by atoms with E-state index in [9.17, 15) is 0 Å². The van der Waals surface area contributed by atoms with Crippen molar-refractivity contribution in [2.75, 3.05) is 6.61 Å². The van der Waals surface area contributed by atoms with Gasteiger partial charge >= 0.3 is 0 Å². The van der Waals surface area contributed by atoms with Crippen molar-refractivity contribution in [2.24, 2.45) is 5.73 Å². The summed E-state index contributed by atoms with van der Waals surface area (Å²) >= 11 is 0. The number of nitrogens with zero attached hydrogens (tertiary/aromatic N) is 1. The summed E-state index contributed by atoms with van der Waals surface area (Å²) < 4.78 is 5.67. The van der Waals surface area contributed by atoms with E-state index in [0.29, 0.717) is 5.92 Å². The van der Waals surface area contributed by atoms with Gasteiger partial charge in [-0.15, -0.1) is 0 Å². The second-order valence-corrected chi connectivity index (χ2v) is 4.59. The van der Waals surface area contributed by atoms with E-state index >= 15 is 0 Å². The van der Waals surface area contributed by atoms with E-state index in [1.165, 1.54) is 5.56 Å². The molecule has 0 saturated carbocycles. The number of para-hydroxylation sites is 1. The van der Waals surface area contributed by atoms with Gasteiger partial charge in [-0.05, 0) is 29.7 Å². The Morgan fingerprint density at radius 2 is 2.11 bits per heavy atom. The highest BCUT2D eigenvalue weighted by molar-refractivity contribution is 5.39. The molecule has 1 aromatic heterocycles. The van der Waals surface area contributed by atoms with Crippen LogP contribution >= 0.6 is 0 Å². The predicted molar refractivity (Wildman–Crippen MR) is 70.5 cm³/mol. The first-order chi connectivity index (χ1) is 8.86. The molecule has 3 rings (SSSR count). The Morgan fingerprint density at radius 3 is 2.94 bits per heavy atom. The quantitative estimate of drug-likeness (QED) is 0.877. The molecule has 1 aliphatic heterocycles. The lowest BCUT2D eigenvalue weighted by molar-refractivity contribution is 0.255. The van der Waals surface area contributed by atoms with E-state index in [-0.39, 0.29) is 6.04 Å². The van der Waals surface area contributed by atoms with E-state index in [1.54, 1.807) is 6.20 Å². The molecule has 18 heavy (non-hydrogen) atoms. The molecular weight excluding hydrogens is 224 g/mol. The number of ether oxygens (including phenoxy) is 1. The van der Waals surface area contributed by atoms with Crippen LogP contribution in [0.1, 0.15) is 29.5 Å². The fourth-order valence-electron chi connectivity index (χ4n) is 2.55. The SMILES string of the molecule is NC(c1cccnc1)C1CCOc2ccccc21. The molecule has 2 heterocycles. The lowest BCUT2D eigenvalue weighted by Gasteiger charge is -2.30. The highest BCUT2D eigenvalue weighted by Gasteiger charge is 2.27. The number of aromatic nitrogens is 1. The second kappa shape index (κ2) is 4.78. The van der Waals surface area contributed by atoms with Crippen LogP contribution in [0.2, 0.25) is 0 Å². The number of benzene rings is 1. The van der Waals surface area contributed by atoms with Crippen molar-refractivity contribution in [2.45, 2.75) is 18.4 Å². The molecule has 2 aromatic rings. The van der Waals surface area contributed by atoms with Crippen LogP contribution in [0, 0.1) is 0 Å². The Labute approximate surface area is 107 Å². The Morgan fingerprint density at radius 1 is 1.22 bits per heavy atom. The Hall–Kier alpha value is -1.87. The smallest absolute Gasteiger partial charge is 0.122 e. The summed E-state index contributed by atoms with van der Waals surface area (Å²) in [7, 11) is 0. The molecule has 1 aromatic carbocycles. The zero-order valence-corrected chi connectivity index (χ0v) is 10.1. The lowest BCUT2D eigenvalue weighted by atomic mass is 9.84. The van der Waals surface area contributed by atoms with Gasteiger partial charge in [-0.3, -0.25) is 4.98 Å². The molecule has 2 N–H and O–H groups in total. The molecule has 0 fully saturated rings. The number of pyridine rings is 1. The minimum atomic E-state index is -0.0243. The maximum Gasteiger partial charge on any atom is 0.122 e. The van der Waals surface area contributed by atoms with Gasteiger partial charge in [0.2, 0.25) is 0 Å². The summed E-state index contributed by atoms with van der Waals surface area (Å²) in [5.41, 5.74) is 8.68. The number of rotatable bonds is 2. The molecule has 0 bridgehead atoms. The maximum atomic E-state index is 6.39. The summed E-state index contributed by atoms with van der Waals surface area (Å²) in [4.78, 5) is 4.15. The van der Waals surface area contributed by atoms with E-state index < -0.39 is 0 Å². The van der Waals surface area contributed by atoms with E-state index in [0.717, 1.165) is 24.3 Å². The Kier molecular flexibility index (Phi) is 2.99. The van der Waals surface area contributed by atoms with Crippen molar-refractivity contribution < 1.29 is 4.74 Å². The van der Waals surface area contributed by atoms with Gasteiger partial charge in [0.05, 0.1) is 6.61 Å². The number of hydrogen-bond acceptors (Lipinski definition) is 3. The third-order valence-corrected chi connectivity index (χ3v) is 3.51. The molecule has 3 nitrogen and oxygen atoms in total. The minimum Gasteiger partial charge on any atom is -0.493 e. The molecule has 2 unspecified atom stereocenters. The van der Waals surface area contributed by atoms with Gasteiger partial charge in [0, 0.05) is 24.4 Å². The molecular formula is C15H16N2O. The van der Waals surface area contributed by atoms with Crippen molar-refractivity contribution in [3.8, 4) is 5.75 Å². The standard InChI is InChI=1S/C15H16N2O/c16-15(11-4-3-8-17-10-11)13-7-9-18-14-6-2-1-5-12(13)14/h1-6,8,10,13,15H,7,9,16H2. The van der Waals surface area contributed by atoms with Crippen LogP contribution in [0.25, 0.3) is 0 Å². The second-order valence-electron chi connectivity index (χ2n) is 4.59. The fraction of sp³-hybridized carbons (Fsp3) is 0.267. The van der Waals surface area contributed by atoms with Gasteiger partial charge in [-0.2, -0.15) is 0 Å². The first-order valence-corrected chi connectivity index (χ1v) is 6.23. The van der Waals surface area contributed by atoms with Crippen molar-refractivity contribution in [1.29, 1.82) is 0 Å². The van der Waals surface area contributed by atoms with E-state index in [1.807, 2.05) is 36.5 Å². The molecule has 3 heteroatoms. The van der Waals surface area contributed by atoms with Crippen LogP contribution in [-0.2, 0) is 0 Å². The summed E-state index contributed by atoms with van der Waals surface area (Å²) in [6.07, 6.45) is 4.57. The summed E-state index contributed by atoms with van der Waals surface area (Å²) in [5, 5.41) is 0. The Balaban J connectivity index is 1.94. The zero-order chi connectivity index (χ0) is 12.4. The summed E-state index contributed by atoms with van der Waals surface area (Å²) in [6, 6.07) is 12.1. The van der Waals surface area contributed by atoms with Gasteiger partial charge in [0.15, 0.2) is 0 Å². The van der Waals surface area contributed by atoms with Gasteiger partial charge in [-0.1, -0.05) is 24.3 Å². The first kappa shape index (κ1) is 11.2. The van der Waals surface area contributed by atoms with Crippen LogP contribution in [0.4, 0.5) is 0 Å². The highest BCUT2D eigenvalue weighted by Crippen LogP contribution is 2.39. The van der Waals surface area contributed by atoms with Gasteiger partial charge in [-0.25, -0.2) is 0 Å². The number of nitrogens with two attached hydrogens (primary N) is 1. The zero-order valence-electron chi connectivity index (χ0n) is 10.1. The topological polar surface area (TPSA) is 48.1 Å². The monoisotopic (exact) mass is 240 g/mol. The van der Waals surface area contributed by atoms with Gasteiger partial charge in [0.25, 0.3) is 0 Å². The van der Waals surface area contributed by atoms with Crippen LogP contribution in [-0.4, -0.2) is 11.6 Å². The first-order valence-electron chi connectivity index (χ1n) is 6.23. The predicted octanol–water partition coefficient (Wildman–Crippen LogP) is 2.65. The molecule has 0 spiro atoms. The summed E-state index contributed by atoms with van der Waals surface area (Å²) in [6.45, 7) is 0.732. The summed E-state index contributed by atoms with van der Waals surface area (Å²) in [5.74, 6) is 1.27. The maximum absolute atomic E-state index is 6.39. The molecule has 92 valence electrons. The van der Waals surface area contributed by atoms with Crippen LogP contribution in [0.5, 0.6) is 5.75 Å². The fourth-order valence-corrected chi connectivity index (χ4v) is 2.55. The average Bonchev–Trinajstić information content (AvgIpc) is 2.47. The van der Waals surface area contributed by atoms with Crippen LogP contribution < -0.4 is 10.5 Å². The average molecular weight is 240 g/mol. The molecule has 1 aliphatic rings. The molecule has 0 aliphatic carbocycles. The third kappa shape index (κ3) is 1.97. The third-order valence-electron chi connectivity index (χ3n) is 3.51. The molecule has 0 saturated heterocycles. The number of hydrogen-bond donors (Lipinski definition) is 1. The minimum absolute atomic E-state index is 0.0243. The van der Waals surface area contributed by atoms with Crippen LogP contribution in [0.15, 0.2) is 48.8 Å². The van der Waals surface area contributed by atoms with Crippen molar-refractivity contribution in [3.63, 3.8) is 0 Å². The van der Waals surface area contributed by atoms with E-state index in [4.69, 9.17) is 10.5 Å². The molecule has 0 radical (unpaired) electrons. The molecule has 2 atom stereocenters. The van der Waals surface area contributed by atoms with E-state index in [2.05, 4.69) is 11.1 Å². The van der Waals surface area contributed by atoms with Gasteiger partial charge < -0.3 is 10.5 Å². The number of fused-ring (bicyclic) bond motifs is 1. The highest BCUT2D eigenvalue weighted by atomic mass is 16.5. The van der Waals surface area contributed by atoms with Crippen LogP contribution in [0.3, 0.4) is 0 Å². The van der Waals surface area contributed by atoms with Crippen molar-refractivity contribution in [1.82, 2.24) is 4.98 Å². The largest absolute Gasteiger partial charge is 0.493 e.